The maximum atomic E-state index is 12.5. The highest BCUT2D eigenvalue weighted by Gasteiger charge is 2.57. The van der Waals surface area contributed by atoms with Crippen molar-refractivity contribution in [3.8, 4) is 0 Å². The third-order valence-electron chi connectivity index (χ3n) is 5.53. The van der Waals surface area contributed by atoms with E-state index in [4.69, 9.17) is 9.47 Å². The fourth-order valence-electron chi connectivity index (χ4n) is 4.36. The van der Waals surface area contributed by atoms with Crippen LogP contribution in [0.1, 0.15) is 52.7 Å². The molecule has 0 bridgehead atoms. The van der Waals surface area contributed by atoms with Crippen LogP contribution in [0.2, 0.25) is 0 Å². The van der Waals surface area contributed by atoms with Crippen LogP contribution in [-0.2, 0) is 20.9 Å². The second kappa shape index (κ2) is 8.86. The standard InChI is InChI=1S/C25H37O3P/c1-22(2,3)29(23(4,5)6)19-24(26,20-15-11-9-12-16-20)25(27-7,28-8)21-17-13-10-14-18-21/h9-18,26H,19H2,1-8H3. The third-order valence-corrected chi connectivity index (χ3v) is 9.54. The van der Waals surface area contributed by atoms with Crippen molar-refractivity contribution in [2.75, 3.05) is 20.4 Å². The van der Waals surface area contributed by atoms with Crippen LogP contribution in [0.5, 0.6) is 0 Å². The van der Waals surface area contributed by atoms with Gasteiger partial charge in [-0.15, -0.1) is 0 Å². The molecule has 0 saturated heterocycles. The lowest BCUT2D eigenvalue weighted by Gasteiger charge is -2.51. The minimum absolute atomic E-state index is 0.0419. The van der Waals surface area contributed by atoms with Crippen LogP contribution in [-0.4, -0.2) is 35.8 Å². The van der Waals surface area contributed by atoms with E-state index >= 15 is 0 Å². The molecule has 0 radical (unpaired) electrons. The van der Waals surface area contributed by atoms with Gasteiger partial charge in [0.15, 0.2) is 5.60 Å². The Morgan fingerprint density at radius 1 is 0.690 bits per heavy atom. The molecule has 0 aromatic heterocycles. The van der Waals surface area contributed by atoms with Crippen LogP contribution in [0.3, 0.4) is 0 Å². The van der Waals surface area contributed by atoms with E-state index in [1.165, 1.54) is 0 Å². The summed E-state index contributed by atoms with van der Waals surface area (Å²) in [6.45, 7) is 13.6. The summed E-state index contributed by atoms with van der Waals surface area (Å²) < 4.78 is 12.1. The molecule has 0 aliphatic rings. The molecule has 2 aromatic rings. The first-order valence-corrected chi connectivity index (χ1v) is 11.7. The van der Waals surface area contributed by atoms with Crippen molar-refractivity contribution in [3.05, 3.63) is 71.8 Å². The van der Waals surface area contributed by atoms with Gasteiger partial charge in [0.2, 0.25) is 5.79 Å². The number of benzene rings is 2. The summed E-state index contributed by atoms with van der Waals surface area (Å²) in [4.78, 5) is 0. The van der Waals surface area contributed by atoms with Crippen molar-refractivity contribution in [1.29, 1.82) is 0 Å². The van der Waals surface area contributed by atoms with Gasteiger partial charge in [-0.25, -0.2) is 0 Å². The second-order valence-corrected chi connectivity index (χ2v) is 13.4. The van der Waals surface area contributed by atoms with Gasteiger partial charge in [-0.3, -0.25) is 0 Å². The molecule has 1 N–H and O–H groups in total. The quantitative estimate of drug-likeness (QED) is 0.438. The van der Waals surface area contributed by atoms with E-state index in [1.807, 2.05) is 60.7 Å². The van der Waals surface area contributed by atoms with Crippen LogP contribution in [0.4, 0.5) is 0 Å². The molecule has 2 aromatic carbocycles. The highest BCUT2D eigenvalue weighted by Crippen LogP contribution is 2.63. The Morgan fingerprint density at radius 2 is 1.07 bits per heavy atom. The SMILES string of the molecule is COC(OC)(c1ccccc1)C(O)(CP(C(C)(C)C)C(C)(C)C)c1ccccc1. The molecular formula is C25H37O3P. The van der Waals surface area contributed by atoms with Crippen LogP contribution >= 0.6 is 7.92 Å². The highest BCUT2D eigenvalue weighted by molar-refractivity contribution is 7.60. The molecule has 0 saturated carbocycles. The molecule has 1 atom stereocenters. The Labute approximate surface area is 178 Å². The van der Waals surface area contributed by atoms with Crippen LogP contribution < -0.4 is 0 Å². The van der Waals surface area contributed by atoms with Crippen molar-refractivity contribution in [3.63, 3.8) is 0 Å². The molecule has 29 heavy (non-hydrogen) atoms. The van der Waals surface area contributed by atoms with Gasteiger partial charge in [-0.1, -0.05) is 110 Å². The van der Waals surface area contributed by atoms with E-state index < -0.39 is 19.3 Å². The lowest BCUT2D eigenvalue weighted by Crippen LogP contribution is -2.55. The Hall–Kier alpha value is -1.25. The summed E-state index contributed by atoms with van der Waals surface area (Å²) in [6, 6.07) is 19.6. The van der Waals surface area contributed by atoms with E-state index in [9.17, 15) is 5.11 Å². The molecule has 0 spiro atoms. The minimum atomic E-state index is -1.37. The molecule has 0 aliphatic carbocycles. The highest BCUT2D eigenvalue weighted by atomic mass is 31.1. The van der Waals surface area contributed by atoms with Crippen molar-refractivity contribution in [2.24, 2.45) is 0 Å². The number of rotatable bonds is 7. The molecule has 0 amide bonds. The number of aliphatic hydroxyl groups is 1. The maximum Gasteiger partial charge on any atom is 0.228 e. The maximum absolute atomic E-state index is 12.5. The third kappa shape index (κ3) is 4.75. The molecule has 2 rings (SSSR count). The van der Waals surface area contributed by atoms with Crippen LogP contribution in [0, 0.1) is 0 Å². The number of hydrogen-bond donors (Lipinski definition) is 1. The molecular weight excluding hydrogens is 379 g/mol. The van der Waals surface area contributed by atoms with Gasteiger partial charge < -0.3 is 14.6 Å². The molecule has 0 fully saturated rings. The average Bonchev–Trinajstić information content (AvgIpc) is 2.67. The molecule has 1 unspecified atom stereocenters. The summed E-state index contributed by atoms with van der Waals surface area (Å²) in [5.41, 5.74) is 0.230. The van der Waals surface area contributed by atoms with Crippen molar-refractivity contribution in [1.82, 2.24) is 0 Å². The van der Waals surface area contributed by atoms with E-state index in [0.717, 1.165) is 11.1 Å². The van der Waals surface area contributed by atoms with Gasteiger partial charge in [0.05, 0.1) is 0 Å². The number of hydrogen-bond acceptors (Lipinski definition) is 3. The predicted octanol–water partition coefficient (Wildman–Crippen LogP) is 6.10. The van der Waals surface area contributed by atoms with Gasteiger partial charge in [-0.2, -0.15) is 0 Å². The largest absolute Gasteiger partial charge is 0.379 e. The Kier molecular flexibility index (Phi) is 7.34. The monoisotopic (exact) mass is 416 g/mol. The number of ether oxygens (including phenoxy) is 2. The summed E-state index contributed by atoms with van der Waals surface area (Å²) in [6.07, 6.45) is 0.552. The summed E-state index contributed by atoms with van der Waals surface area (Å²) in [5.74, 6) is -1.33. The Morgan fingerprint density at radius 3 is 1.41 bits per heavy atom. The molecule has 3 nitrogen and oxygen atoms in total. The molecule has 160 valence electrons. The number of methoxy groups -OCH3 is 2. The van der Waals surface area contributed by atoms with Gasteiger partial charge in [0.25, 0.3) is 0 Å². The first-order valence-electron chi connectivity index (χ1n) is 10.1. The average molecular weight is 417 g/mol. The smallest absolute Gasteiger partial charge is 0.228 e. The van der Waals surface area contributed by atoms with Gasteiger partial charge in [-0.05, 0) is 15.9 Å². The van der Waals surface area contributed by atoms with Crippen molar-refractivity contribution in [2.45, 2.75) is 63.2 Å². The zero-order chi connectivity index (χ0) is 21.9. The molecule has 0 heterocycles. The van der Waals surface area contributed by atoms with E-state index in [0.29, 0.717) is 6.16 Å². The van der Waals surface area contributed by atoms with Crippen molar-refractivity contribution >= 4 is 7.92 Å². The van der Waals surface area contributed by atoms with Gasteiger partial charge in [0.1, 0.15) is 0 Å². The molecule has 0 aliphatic heterocycles. The van der Waals surface area contributed by atoms with E-state index in [1.54, 1.807) is 14.2 Å². The first-order chi connectivity index (χ1) is 13.4. The van der Waals surface area contributed by atoms with E-state index in [2.05, 4.69) is 41.5 Å². The summed E-state index contributed by atoms with van der Waals surface area (Å²) in [7, 11) is 2.59. The Balaban J connectivity index is 2.78. The second-order valence-electron chi connectivity index (χ2n) is 9.54. The summed E-state index contributed by atoms with van der Waals surface area (Å²) in [5, 5.41) is 12.6. The summed E-state index contributed by atoms with van der Waals surface area (Å²) >= 11 is 0. The van der Waals surface area contributed by atoms with Gasteiger partial charge >= 0.3 is 0 Å². The lowest BCUT2D eigenvalue weighted by atomic mass is 9.82. The molecule has 4 heteroatoms. The zero-order valence-corrected chi connectivity index (χ0v) is 20.1. The minimum Gasteiger partial charge on any atom is -0.379 e. The topological polar surface area (TPSA) is 38.7 Å². The van der Waals surface area contributed by atoms with E-state index in [-0.39, 0.29) is 10.3 Å². The van der Waals surface area contributed by atoms with Crippen LogP contribution in [0.15, 0.2) is 60.7 Å². The normalized spacial score (nSPS) is 15.4. The van der Waals surface area contributed by atoms with Crippen molar-refractivity contribution < 1.29 is 14.6 Å². The predicted molar refractivity (Wildman–Crippen MR) is 124 cm³/mol. The fourth-order valence-corrected chi connectivity index (χ4v) is 8.17. The Bertz CT molecular complexity index is 744. The zero-order valence-electron chi connectivity index (χ0n) is 19.2. The first kappa shape index (κ1) is 24.0. The fraction of sp³-hybridized carbons (Fsp3) is 0.520. The lowest BCUT2D eigenvalue weighted by molar-refractivity contribution is -0.311. The van der Waals surface area contributed by atoms with Crippen LogP contribution in [0.25, 0.3) is 0 Å². The van der Waals surface area contributed by atoms with Gasteiger partial charge in [0, 0.05) is 25.9 Å².